The average molecular weight is 183 g/mol. The lowest BCUT2D eigenvalue weighted by atomic mass is 10.4. The van der Waals surface area contributed by atoms with Crippen LogP contribution in [0.1, 0.15) is 5.82 Å². The van der Waals surface area contributed by atoms with Crippen LogP contribution in [0.25, 0.3) is 5.52 Å². The molecule has 0 unspecified atom stereocenters. The molecule has 4 heteroatoms. The quantitative estimate of drug-likeness (QED) is 0.677. The van der Waals surface area contributed by atoms with Gasteiger partial charge in [0.2, 0.25) is 0 Å². The van der Waals surface area contributed by atoms with Gasteiger partial charge in [-0.05, 0) is 19.1 Å². The summed E-state index contributed by atoms with van der Waals surface area (Å²) in [6, 6.07) is 5.14. The summed E-state index contributed by atoms with van der Waals surface area (Å²) in [4.78, 5) is 4.02. The molecule has 3 nitrogen and oxygen atoms in total. The summed E-state index contributed by atoms with van der Waals surface area (Å²) in [7, 11) is 0. The van der Waals surface area contributed by atoms with E-state index in [0.29, 0.717) is 11.0 Å². The topological polar surface area (TPSA) is 37.5 Å². The van der Waals surface area contributed by atoms with Crippen LogP contribution in [-0.4, -0.2) is 14.5 Å². The van der Waals surface area contributed by atoms with Crippen molar-refractivity contribution in [2.45, 2.75) is 6.92 Å². The van der Waals surface area contributed by atoms with Crippen LogP contribution in [0.4, 0.5) is 0 Å². The summed E-state index contributed by atoms with van der Waals surface area (Å²) >= 11 is 5.81. The van der Waals surface area contributed by atoms with Crippen LogP contribution in [-0.2, 0) is 0 Å². The molecule has 0 fully saturated rings. The van der Waals surface area contributed by atoms with Gasteiger partial charge in [0.25, 0.3) is 0 Å². The molecule has 0 bridgehead atoms. The molecular formula is C8H7ClN2O. The fourth-order valence-electron chi connectivity index (χ4n) is 1.25. The van der Waals surface area contributed by atoms with Crippen molar-refractivity contribution in [2.75, 3.05) is 0 Å². The zero-order valence-corrected chi connectivity index (χ0v) is 7.21. The summed E-state index contributed by atoms with van der Waals surface area (Å²) in [6.07, 6.45) is 0. The Balaban J connectivity index is 2.99. The van der Waals surface area contributed by atoms with Gasteiger partial charge < -0.3 is 5.11 Å². The highest BCUT2D eigenvalue weighted by molar-refractivity contribution is 6.32. The molecule has 2 aromatic rings. The first kappa shape index (κ1) is 7.43. The minimum absolute atomic E-state index is 0.157. The Bertz CT molecular complexity index is 436. The molecule has 12 heavy (non-hydrogen) atoms. The lowest BCUT2D eigenvalue weighted by Gasteiger charge is -1.98. The van der Waals surface area contributed by atoms with Gasteiger partial charge in [0, 0.05) is 0 Å². The van der Waals surface area contributed by atoms with Crippen LogP contribution in [0, 0.1) is 6.92 Å². The normalized spacial score (nSPS) is 10.8. The first-order valence-electron chi connectivity index (χ1n) is 3.52. The van der Waals surface area contributed by atoms with E-state index >= 15 is 0 Å². The minimum atomic E-state index is 0.157. The molecule has 0 saturated heterocycles. The Morgan fingerprint density at radius 1 is 1.50 bits per heavy atom. The maximum Gasteiger partial charge on any atom is 0.197 e. The number of hydrogen-bond acceptors (Lipinski definition) is 2. The van der Waals surface area contributed by atoms with Crippen molar-refractivity contribution in [1.82, 2.24) is 9.38 Å². The number of aromatic nitrogens is 2. The molecule has 2 aromatic heterocycles. The highest BCUT2D eigenvalue weighted by Crippen LogP contribution is 2.22. The van der Waals surface area contributed by atoms with Gasteiger partial charge in [-0.1, -0.05) is 17.7 Å². The van der Waals surface area contributed by atoms with Gasteiger partial charge in [-0.3, -0.25) is 4.40 Å². The van der Waals surface area contributed by atoms with Crippen molar-refractivity contribution in [1.29, 1.82) is 0 Å². The van der Waals surface area contributed by atoms with E-state index in [9.17, 15) is 5.11 Å². The molecule has 0 aliphatic heterocycles. The monoisotopic (exact) mass is 182 g/mol. The molecule has 0 aromatic carbocycles. The summed E-state index contributed by atoms with van der Waals surface area (Å²) in [6.45, 7) is 1.79. The summed E-state index contributed by atoms with van der Waals surface area (Å²) in [5.74, 6) is 0.845. The van der Waals surface area contributed by atoms with E-state index in [4.69, 9.17) is 11.6 Å². The molecule has 0 atom stereocenters. The molecule has 62 valence electrons. The lowest BCUT2D eigenvalue weighted by Crippen LogP contribution is -1.87. The van der Waals surface area contributed by atoms with E-state index in [-0.39, 0.29) is 5.88 Å². The van der Waals surface area contributed by atoms with E-state index < -0.39 is 0 Å². The Morgan fingerprint density at radius 2 is 2.25 bits per heavy atom. The lowest BCUT2D eigenvalue weighted by molar-refractivity contribution is 0.444. The van der Waals surface area contributed by atoms with E-state index in [1.807, 2.05) is 6.07 Å². The van der Waals surface area contributed by atoms with Crippen LogP contribution in [0.2, 0.25) is 5.15 Å². The zero-order valence-electron chi connectivity index (χ0n) is 6.45. The van der Waals surface area contributed by atoms with Crippen molar-refractivity contribution in [3.63, 3.8) is 0 Å². The third-order valence-electron chi connectivity index (χ3n) is 1.76. The number of aryl methyl sites for hydroxylation is 1. The number of halogens is 1. The number of pyridine rings is 1. The fourth-order valence-corrected chi connectivity index (χ4v) is 1.52. The summed E-state index contributed by atoms with van der Waals surface area (Å²) in [5, 5.41) is 9.85. The summed E-state index contributed by atoms with van der Waals surface area (Å²) < 4.78 is 1.60. The maximum atomic E-state index is 9.43. The van der Waals surface area contributed by atoms with Gasteiger partial charge in [0.1, 0.15) is 5.82 Å². The number of nitrogens with zero attached hydrogens (tertiary/aromatic N) is 2. The second-order valence-electron chi connectivity index (χ2n) is 2.55. The van der Waals surface area contributed by atoms with Gasteiger partial charge >= 0.3 is 0 Å². The SMILES string of the molecule is Cc1nc(Cl)c2cccc(O)n12. The van der Waals surface area contributed by atoms with Crippen LogP contribution in [0.15, 0.2) is 18.2 Å². The second kappa shape index (κ2) is 2.38. The van der Waals surface area contributed by atoms with E-state index in [1.54, 1.807) is 23.5 Å². The molecule has 2 heterocycles. The average Bonchev–Trinajstić information content (AvgIpc) is 2.29. The molecule has 0 amide bonds. The summed E-state index contributed by atoms with van der Waals surface area (Å²) in [5.41, 5.74) is 0.731. The van der Waals surface area contributed by atoms with Crippen LogP contribution in [0.5, 0.6) is 5.88 Å². The predicted molar refractivity (Wildman–Crippen MR) is 46.6 cm³/mol. The van der Waals surface area contributed by atoms with Crippen LogP contribution >= 0.6 is 11.6 Å². The maximum absolute atomic E-state index is 9.43. The highest BCUT2D eigenvalue weighted by atomic mass is 35.5. The van der Waals surface area contributed by atoms with Gasteiger partial charge in [-0.15, -0.1) is 0 Å². The van der Waals surface area contributed by atoms with Crippen molar-refractivity contribution in [2.24, 2.45) is 0 Å². The van der Waals surface area contributed by atoms with Crippen LogP contribution < -0.4 is 0 Å². The number of fused-ring (bicyclic) bond motifs is 1. The van der Waals surface area contributed by atoms with Gasteiger partial charge in [0.05, 0.1) is 5.52 Å². The Labute approximate surface area is 74.2 Å². The van der Waals surface area contributed by atoms with E-state index in [2.05, 4.69) is 4.98 Å². The Kier molecular flexibility index (Phi) is 1.48. The largest absolute Gasteiger partial charge is 0.494 e. The predicted octanol–water partition coefficient (Wildman–Crippen LogP) is 2.00. The van der Waals surface area contributed by atoms with Crippen molar-refractivity contribution in [3.8, 4) is 5.88 Å². The molecule has 0 aliphatic rings. The van der Waals surface area contributed by atoms with Crippen molar-refractivity contribution >= 4 is 17.1 Å². The smallest absolute Gasteiger partial charge is 0.197 e. The molecule has 0 saturated carbocycles. The Morgan fingerprint density at radius 3 is 2.92 bits per heavy atom. The third-order valence-corrected chi connectivity index (χ3v) is 2.04. The molecule has 1 N–H and O–H groups in total. The molecular weight excluding hydrogens is 176 g/mol. The number of rotatable bonds is 0. The third kappa shape index (κ3) is 0.865. The standard InChI is InChI=1S/C8H7ClN2O/c1-5-10-8(9)6-3-2-4-7(12)11(5)6/h2-4,12H,1H3. The molecule has 2 rings (SSSR count). The Hall–Kier alpha value is -1.22. The highest BCUT2D eigenvalue weighted by Gasteiger charge is 2.07. The van der Waals surface area contributed by atoms with Crippen molar-refractivity contribution in [3.05, 3.63) is 29.2 Å². The van der Waals surface area contributed by atoms with Gasteiger partial charge in [0.15, 0.2) is 11.0 Å². The molecule has 0 radical (unpaired) electrons. The molecule has 0 aliphatic carbocycles. The number of aromatic hydroxyl groups is 1. The van der Waals surface area contributed by atoms with Gasteiger partial charge in [-0.25, -0.2) is 4.98 Å². The van der Waals surface area contributed by atoms with E-state index in [0.717, 1.165) is 5.52 Å². The number of imidazole rings is 1. The van der Waals surface area contributed by atoms with E-state index in [1.165, 1.54) is 0 Å². The van der Waals surface area contributed by atoms with Crippen molar-refractivity contribution < 1.29 is 5.11 Å². The zero-order chi connectivity index (χ0) is 8.72. The first-order valence-corrected chi connectivity index (χ1v) is 3.90. The first-order chi connectivity index (χ1) is 5.70. The fraction of sp³-hybridized carbons (Fsp3) is 0.125. The minimum Gasteiger partial charge on any atom is -0.494 e. The van der Waals surface area contributed by atoms with Crippen LogP contribution in [0.3, 0.4) is 0 Å². The van der Waals surface area contributed by atoms with Gasteiger partial charge in [-0.2, -0.15) is 0 Å². The number of hydrogen-bond donors (Lipinski definition) is 1. The molecule has 0 spiro atoms. The second-order valence-corrected chi connectivity index (χ2v) is 2.91.